The zero-order chi connectivity index (χ0) is 13.2. The average molecular weight is 250 g/mol. The summed E-state index contributed by atoms with van der Waals surface area (Å²) >= 11 is 0. The lowest BCUT2D eigenvalue weighted by molar-refractivity contribution is -0.149. The summed E-state index contributed by atoms with van der Waals surface area (Å²) in [6.45, 7) is 4.10. The fraction of sp³-hybridized carbons (Fsp3) is 0.500. The predicted molar refractivity (Wildman–Crippen MR) is 66.5 cm³/mol. The Morgan fingerprint density at radius 2 is 2.00 bits per heavy atom. The van der Waals surface area contributed by atoms with Gasteiger partial charge in [-0.3, -0.25) is 0 Å². The van der Waals surface area contributed by atoms with Crippen LogP contribution in [-0.2, 0) is 14.3 Å². The van der Waals surface area contributed by atoms with Crippen LogP contribution in [-0.4, -0.2) is 25.3 Å². The standard InChI is InChI=1S/C14H18O4/c1-4-14(13(15)17-5-2)12(18-14)10-6-8-11(16-3)9-7-10/h6-9,12H,4-5H2,1-3H3. The van der Waals surface area contributed by atoms with Gasteiger partial charge in [0, 0.05) is 0 Å². The Hall–Kier alpha value is -1.55. The molecule has 2 rings (SSSR count). The summed E-state index contributed by atoms with van der Waals surface area (Å²) in [5.41, 5.74) is 0.190. The number of carbonyl (C=O) groups is 1. The first-order valence-corrected chi connectivity index (χ1v) is 6.17. The molecule has 4 nitrogen and oxygen atoms in total. The minimum Gasteiger partial charge on any atom is -0.497 e. The fourth-order valence-electron chi connectivity index (χ4n) is 2.11. The van der Waals surface area contributed by atoms with E-state index in [1.54, 1.807) is 14.0 Å². The maximum atomic E-state index is 11.9. The van der Waals surface area contributed by atoms with Crippen LogP contribution in [0.3, 0.4) is 0 Å². The minimum atomic E-state index is -0.787. The summed E-state index contributed by atoms with van der Waals surface area (Å²) in [5, 5.41) is 0. The van der Waals surface area contributed by atoms with Crippen molar-refractivity contribution in [2.24, 2.45) is 0 Å². The molecule has 1 aliphatic heterocycles. The van der Waals surface area contributed by atoms with Crippen molar-refractivity contribution < 1.29 is 19.0 Å². The second-order valence-electron chi connectivity index (χ2n) is 4.23. The monoisotopic (exact) mass is 250 g/mol. The Balaban J connectivity index is 2.13. The Kier molecular flexibility index (Phi) is 3.57. The molecular formula is C14H18O4. The lowest BCUT2D eigenvalue weighted by atomic mass is 9.97. The van der Waals surface area contributed by atoms with Gasteiger partial charge >= 0.3 is 5.97 Å². The van der Waals surface area contributed by atoms with Gasteiger partial charge in [-0.1, -0.05) is 19.1 Å². The van der Waals surface area contributed by atoms with E-state index in [0.717, 1.165) is 11.3 Å². The Bertz CT molecular complexity index is 426. The summed E-state index contributed by atoms with van der Waals surface area (Å²) < 4.78 is 15.8. The van der Waals surface area contributed by atoms with Gasteiger partial charge in [-0.2, -0.15) is 0 Å². The van der Waals surface area contributed by atoms with Gasteiger partial charge in [0.2, 0.25) is 0 Å². The van der Waals surface area contributed by atoms with E-state index in [1.807, 2.05) is 31.2 Å². The molecule has 4 heteroatoms. The highest BCUT2D eigenvalue weighted by Crippen LogP contribution is 2.52. The molecule has 0 bridgehead atoms. The van der Waals surface area contributed by atoms with Crippen molar-refractivity contribution in [3.8, 4) is 5.75 Å². The van der Waals surface area contributed by atoms with Crippen molar-refractivity contribution >= 4 is 5.97 Å². The van der Waals surface area contributed by atoms with Crippen LogP contribution in [0.2, 0.25) is 0 Å². The molecule has 0 N–H and O–H groups in total. The molecule has 98 valence electrons. The van der Waals surface area contributed by atoms with Gasteiger partial charge in [0.1, 0.15) is 11.9 Å². The van der Waals surface area contributed by atoms with Crippen LogP contribution < -0.4 is 4.74 Å². The van der Waals surface area contributed by atoms with Gasteiger partial charge in [0.25, 0.3) is 0 Å². The zero-order valence-corrected chi connectivity index (χ0v) is 10.9. The van der Waals surface area contributed by atoms with Gasteiger partial charge < -0.3 is 14.2 Å². The molecule has 0 aromatic heterocycles. The van der Waals surface area contributed by atoms with Crippen LogP contribution in [0.25, 0.3) is 0 Å². The molecule has 0 saturated carbocycles. The highest BCUT2D eigenvalue weighted by molar-refractivity contribution is 5.83. The number of carbonyl (C=O) groups excluding carboxylic acids is 1. The second-order valence-corrected chi connectivity index (χ2v) is 4.23. The molecule has 1 aromatic carbocycles. The molecule has 1 saturated heterocycles. The highest BCUT2D eigenvalue weighted by atomic mass is 16.7. The molecule has 0 radical (unpaired) electrons. The molecule has 1 aromatic rings. The van der Waals surface area contributed by atoms with Crippen molar-refractivity contribution in [1.29, 1.82) is 0 Å². The number of epoxide rings is 1. The summed E-state index contributed by atoms with van der Waals surface area (Å²) in [5.74, 6) is 0.519. The van der Waals surface area contributed by atoms with Crippen molar-refractivity contribution in [1.82, 2.24) is 0 Å². The lowest BCUT2D eigenvalue weighted by Crippen LogP contribution is -2.27. The van der Waals surface area contributed by atoms with E-state index in [1.165, 1.54) is 0 Å². The summed E-state index contributed by atoms with van der Waals surface area (Å²) in [6.07, 6.45) is 0.412. The first kappa shape index (κ1) is 12.9. The largest absolute Gasteiger partial charge is 0.497 e. The quantitative estimate of drug-likeness (QED) is 0.595. The Morgan fingerprint density at radius 1 is 1.33 bits per heavy atom. The molecule has 1 heterocycles. The van der Waals surface area contributed by atoms with Crippen LogP contribution in [0.1, 0.15) is 31.9 Å². The maximum Gasteiger partial charge on any atom is 0.341 e. The Morgan fingerprint density at radius 3 is 2.50 bits per heavy atom. The normalized spacial score (nSPS) is 25.6. The molecule has 1 fully saturated rings. The topological polar surface area (TPSA) is 48.1 Å². The van der Waals surface area contributed by atoms with Gasteiger partial charge in [-0.15, -0.1) is 0 Å². The van der Waals surface area contributed by atoms with Gasteiger partial charge in [-0.25, -0.2) is 4.79 Å². The molecule has 0 spiro atoms. The van der Waals surface area contributed by atoms with Gasteiger partial charge in [0.05, 0.1) is 13.7 Å². The predicted octanol–water partition coefficient (Wildman–Crippen LogP) is 2.48. The summed E-state index contributed by atoms with van der Waals surface area (Å²) in [7, 11) is 1.62. The van der Waals surface area contributed by atoms with E-state index in [-0.39, 0.29) is 12.1 Å². The van der Waals surface area contributed by atoms with E-state index in [2.05, 4.69) is 0 Å². The third-order valence-electron chi connectivity index (χ3n) is 3.26. The van der Waals surface area contributed by atoms with Crippen molar-refractivity contribution in [2.75, 3.05) is 13.7 Å². The number of esters is 1. The minimum absolute atomic E-state index is 0.201. The van der Waals surface area contributed by atoms with E-state index < -0.39 is 5.60 Å². The average Bonchev–Trinajstić information content (AvgIpc) is 3.15. The van der Waals surface area contributed by atoms with Crippen LogP contribution in [0.5, 0.6) is 5.75 Å². The number of methoxy groups -OCH3 is 1. The number of hydrogen-bond donors (Lipinski definition) is 0. The number of ether oxygens (including phenoxy) is 3. The van der Waals surface area contributed by atoms with Crippen molar-refractivity contribution in [3.63, 3.8) is 0 Å². The third kappa shape index (κ3) is 2.08. The third-order valence-corrected chi connectivity index (χ3v) is 3.26. The van der Waals surface area contributed by atoms with E-state index in [0.29, 0.717) is 13.0 Å². The SMILES string of the molecule is CCOC(=O)C1(CC)OC1c1ccc(OC)cc1. The molecule has 2 unspecified atom stereocenters. The summed E-state index contributed by atoms with van der Waals surface area (Å²) in [4.78, 5) is 11.9. The van der Waals surface area contributed by atoms with Crippen LogP contribution >= 0.6 is 0 Å². The van der Waals surface area contributed by atoms with Gasteiger partial charge in [0.15, 0.2) is 5.60 Å². The zero-order valence-electron chi connectivity index (χ0n) is 10.9. The maximum absolute atomic E-state index is 11.9. The van der Waals surface area contributed by atoms with Crippen LogP contribution in [0.4, 0.5) is 0 Å². The fourth-order valence-corrected chi connectivity index (χ4v) is 2.11. The highest BCUT2D eigenvalue weighted by Gasteiger charge is 2.63. The molecule has 18 heavy (non-hydrogen) atoms. The summed E-state index contributed by atoms with van der Waals surface area (Å²) in [6, 6.07) is 7.56. The molecule has 1 aliphatic rings. The van der Waals surface area contributed by atoms with E-state index >= 15 is 0 Å². The van der Waals surface area contributed by atoms with Crippen molar-refractivity contribution in [2.45, 2.75) is 32.0 Å². The van der Waals surface area contributed by atoms with E-state index in [9.17, 15) is 4.79 Å². The second kappa shape index (κ2) is 4.98. The number of benzene rings is 1. The van der Waals surface area contributed by atoms with Crippen molar-refractivity contribution in [3.05, 3.63) is 29.8 Å². The first-order valence-electron chi connectivity index (χ1n) is 6.17. The smallest absolute Gasteiger partial charge is 0.341 e. The molecule has 0 aliphatic carbocycles. The molecule has 2 atom stereocenters. The molecule has 0 amide bonds. The van der Waals surface area contributed by atoms with Crippen LogP contribution in [0, 0.1) is 0 Å². The Labute approximate surface area is 107 Å². The van der Waals surface area contributed by atoms with E-state index in [4.69, 9.17) is 14.2 Å². The number of rotatable bonds is 5. The number of hydrogen-bond acceptors (Lipinski definition) is 4. The van der Waals surface area contributed by atoms with Crippen LogP contribution in [0.15, 0.2) is 24.3 Å². The lowest BCUT2D eigenvalue weighted by Gasteiger charge is -2.09. The van der Waals surface area contributed by atoms with Gasteiger partial charge in [-0.05, 0) is 31.0 Å². The molecular weight excluding hydrogens is 232 g/mol. The first-order chi connectivity index (χ1) is 8.67.